The van der Waals surface area contributed by atoms with Crippen molar-refractivity contribution in [2.45, 2.75) is 13.8 Å². The van der Waals surface area contributed by atoms with Gasteiger partial charge in [-0.2, -0.15) is 0 Å². The quantitative estimate of drug-likeness (QED) is 0.812. The first kappa shape index (κ1) is 13.1. The predicted octanol–water partition coefficient (Wildman–Crippen LogP) is 3.28. The molecule has 2 aromatic rings. The molecule has 0 saturated carbocycles. The van der Waals surface area contributed by atoms with Crippen LogP contribution in [0, 0.1) is 19.7 Å². The second-order valence-electron chi connectivity index (χ2n) is 4.45. The molecule has 0 heterocycles. The summed E-state index contributed by atoms with van der Waals surface area (Å²) < 4.78 is 13.0. The van der Waals surface area contributed by atoms with Crippen molar-refractivity contribution in [2.24, 2.45) is 0 Å². The minimum Gasteiger partial charge on any atom is -0.397 e. The third-order valence-corrected chi connectivity index (χ3v) is 2.98. The van der Waals surface area contributed by atoms with Crippen LogP contribution >= 0.6 is 0 Å². The zero-order valence-corrected chi connectivity index (χ0v) is 10.8. The van der Waals surface area contributed by atoms with Crippen LogP contribution in [0.15, 0.2) is 36.4 Å². The summed E-state index contributed by atoms with van der Waals surface area (Å²) in [6.07, 6.45) is 0. The fourth-order valence-electron chi connectivity index (χ4n) is 1.92. The number of hydrogen-bond donors (Lipinski definition) is 2. The smallest absolute Gasteiger partial charge is 0.255 e. The average Bonchev–Trinajstić information content (AvgIpc) is 2.33. The van der Waals surface area contributed by atoms with Crippen LogP contribution in [0.2, 0.25) is 0 Å². The fraction of sp³-hybridized carbons (Fsp3) is 0.133. The third-order valence-electron chi connectivity index (χ3n) is 2.98. The SMILES string of the molecule is Cc1cc(F)ccc1C(=O)Nc1c(C)cccc1N. The fourth-order valence-corrected chi connectivity index (χ4v) is 1.92. The number of amides is 1. The number of carbonyl (C=O) groups is 1. The predicted molar refractivity (Wildman–Crippen MR) is 74.7 cm³/mol. The van der Waals surface area contributed by atoms with Crippen LogP contribution in [0.25, 0.3) is 0 Å². The van der Waals surface area contributed by atoms with Crippen molar-refractivity contribution < 1.29 is 9.18 Å². The molecule has 4 heteroatoms. The topological polar surface area (TPSA) is 55.1 Å². The highest BCUT2D eigenvalue weighted by molar-refractivity contribution is 6.07. The van der Waals surface area contributed by atoms with Crippen LogP contribution in [-0.4, -0.2) is 5.91 Å². The first-order valence-electron chi connectivity index (χ1n) is 5.91. The van der Waals surface area contributed by atoms with Gasteiger partial charge in [-0.1, -0.05) is 12.1 Å². The minimum absolute atomic E-state index is 0.293. The molecule has 0 bridgehead atoms. The summed E-state index contributed by atoms with van der Waals surface area (Å²) in [5, 5.41) is 2.77. The lowest BCUT2D eigenvalue weighted by molar-refractivity contribution is 0.102. The van der Waals surface area contributed by atoms with Crippen LogP contribution in [0.3, 0.4) is 0 Å². The van der Waals surface area contributed by atoms with Gasteiger partial charge in [-0.15, -0.1) is 0 Å². The number of carbonyl (C=O) groups excluding carboxylic acids is 1. The van der Waals surface area contributed by atoms with Gasteiger partial charge in [0, 0.05) is 5.56 Å². The van der Waals surface area contributed by atoms with Gasteiger partial charge in [0.15, 0.2) is 0 Å². The molecule has 0 saturated heterocycles. The van der Waals surface area contributed by atoms with Gasteiger partial charge in [-0.3, -0.25) is 4.79 Å². The maximum absolute atomic E-state index is 13.0. The molecular formula is C15H15FN2O. The van der Waals surface area contributed by atoms with Crippen molar-refractivity contribution in [3.05, 3.63) is 58.9 Å². The monoisotopic (exact) mass is 258 g/mol. The lowest BCUT2D eigenvalue weighted by Crippen LogP contribution is -2.15. The van der Waals surface area contributed by atoms with E-state index in [0.717, 1.165) is 5.56 Å². The molecule has 0 aliphatic carbocycles. The number of benzene rings is 2. The number of nitrogens with one attached hydrogen (secondary N) is 1. The molecule has 0 aliphatic rings. The van der Waals surface area contributed by atoms with Gasteiger partial charge in [0.25, 0.3) is 5.91 Å². The Morgan fingerprint density at radius 1 is 1.16 bits per heavy atom. The molecule has 0 unspecified atom stereocenters. The van der Waals surface area contributed by atoms with E-state index >= 15 is 0 Å². The Bertz CT molecular complexity index is 618. The van der Waals surface area contributed by atoms with Crippen molar-refractivity contribution in [1.29, 1.82) is 0 Å². The Morgan fingerprint density at radius 2 is 1.89 bits per heavy atom. The number of nitrogens with two attached hydrogens (primary N) is 1. The van der Waals surface area contributed by atoms with E-state index in [-0.39, 0.29) is 11.7 Å². The van der Waals surface area contributed by atoms with Crippen molar-refractivity contribution >= 4 is 17.3 Å². The summed E-state index contributed by atoms with van der Waals surface area (Å²) in [6.45, 7) is 3.56. The van der Waals surface area contributed by atoms with Crippen LogP contribution < -0.4 is 11.1 Å². The van der Waals surface area contributed by atoms with Gasteiger partial charge in [0.1, 0.15) is 5.82 Å². The molecule has 0 aromatic heterocycles. The van der Waals surface area contributed by atoms with Crippen LogP contribution in [0.1, 0.15) is 21.5 Å². The third kappa shape index (κ3) is 2.73. The molecule has 3 nitrogen and oxygen atoms in total. The lowest BCUT2D eigenvalue weighted by atomic mass is 10.1. The lowest BCUT2D eigenvalue weighted by Gasteiger charge is -2.12. The van der Waals surface area contributed by atoms with E-state index < -0.39 is 0 Å². The molecule has 0 aliphatic heterocycles. The van der Waals surface area contributed by atoms with E-state index in [9.17, 15) is 9.18 Å². The minimum atomic E-state index is -0.357. The van der Waals surface area contributed by atoms with Gasteiger partial charge in [0.05, 0.1) is 11.4 Å². The molecule has 0 fully saturated rings. The molecule has 98 valence electrons. The van der Waals surface area contributed by atoms with Gasteiger partial charge in [-0.05, 0) is 49.2 Å². The van der Waals surface area contributed by atoms with E-state index in [0.29, 0.717) is 22.5 Å². The Balaban J connectivity index is 2.31. The summed E-state index contributed by atoms with van der Waals surface area (Å²) in [5.74, 6) is -0.650. The van der Waals surface area contributed by atoms with Crippen LogP contribution in [-0.2, 0) is 0 Å². The number of aryl methyl sites for hydroxylation is 2. The van der Waals surface area contributed by atoms with Gasteiger partial charge >= 0.3 is 0 Å². The molecule has 0 radical (unpaired) electrons. The van der Waals surface area contributed by atoms with E-state index in [1.807, 2.05) is 19.1 Å². The van der Waals surface area contributed by atoms with E-state index in [1.165, 1.54) is 18.2 Å². The van der Waals surface area contributed by atoms with Gasteiger partial charge in [-0.25, -0.2) is 4.39 Å². The highest BCUT2D eigenvalue weighted by Crippen LogP contribution is 2.23. The Kier molecular flexibility index (Phi) is 3.51. The summed E-state index contributed by atoms with van der Waals surface area (Å²) in [6, 6.07) is 9.47. The number of para-hydroxylation sites is 1. The van der Waals surface area contributed by atoms with Crippen LogP contribution in [0.4, 0.5) is 15.8 Å². The highest BCUT2D eigenvalue weighted by Gasteiger charge is 2.12. The second-order valence-corrected chi connectivity index (χ2v) is 4.45. The van der Waals surface area contributed by atoms with E-state index in [1.54, 1.807) is 13.0 Å². The standard InChI is InChI=1S/C15H15FN2O/c1-9-4-3-5-13(17)14(9)18-15(19)12-7-6-11(16)8-10(12)2/h3-8H,17H2,1-2H3,(H,18,19). The first-order chi connectivity index (χ1) is 8.99. The number of anilines is 2. The summed E-state index contributed by atoms with van der Waals surface area (Å²) >= 11 is 0. The van der Waals surface area contributed by atoms with Crippen molar-refractivity contribution in [2.75, 3.05) is 11.1 Å². The van der Waals surface area contributed by atoms with Gasteiger partial charge in [0.2, 0.25) is 0 Å². The summed E-state index contributed by atoms with van der Waals surface area (Å²) in [5.41, 5.74) is 8.84. The van der Waals surface area contributed by atoms with Gasteiger partial charge < -0.3 is 11.1 Å². The normalized spacial score (nSPS) is 10.3. The molecule has 3 N–H and O–H groups in total. The Morgan fingerprint density at radius 3 is 2.53 bits per heavy atom. The number of hydrogen-bond acceptors (Lipinski definition) is 2. The number of rotatable bonds is 2. The molecule has 19 heavy (non-hydrogen) atoms. The Labute approximate surface area is 111 Å². The zero-order chi connectivity index (χ0) is 14.0. The van der Waals surface area contributed by atoms with Crippen molar-refractivity contribution in [3.63, 3.8) is 0 Å². The Hall–Kier alpha value is -2.36. The van der Waals surface area contributed by atoms with Crippen LogP contribution in [0.5, 0.6) is 0 Å². The molecule has 2 rings (SSSR count). The zero-order valence-electron chi connectivity index (χ0n) is 10.8. The first-order valence-corrected chi connectivity index (χ1v) is 5.91. The maximum atomic E-state index is 13.0. The highest BCUT2D eigenvalue weighted by atomic mass is 19.1. The largest absolute Gasteiger partial charge is 0.397 e. The summed E-state index contributed by atoms with van der Waals surface area (Å²) in [4.78, 5) is 12.2. The molecule has 0 atom stereocenters. The average molecular weight is 258 g/mol. The van der Waals surface area contributed by atoms with Crippen molar-refractivity contribution in [3.8, 4) is 0 Å². The molecular weight excluding hydrogens is 243 g/mol. The second kappa shape index (κ2) is 5.10. The number of nitrogen functional groups attached to an aromatic ring is 1. The maximum Gasteiger partial charge on any atom is 0.255 e. The van der Waals surface area contributed by atoms with E-state index in [2.05, 4.69) is 5.32 Å². The molecule has 1 amide bonds. The molecule has 2 aromatic carbocycles. The number of halogens is 1. The van der Waals surface area contributed by atoms with E-state index in [4.69, 9.17) is 5.73 Å². The summed E-state index contributed by atoms with van der Waals surface area (Å²) in [7, 11) is 0. The molecule has 0 spiro atoms. The van der Waals surface area contributed by atoms with Crippen molar-refractivity contribution in [1.82, 2.24) is 0 Å².